The molecule has 25 heavy (non-hydrogen) atoms. The number of para-hydroxylation sites is 1. The van der Waals surface area contributed by atoms with Crippen LogP contribution in [0.4, 0.5) is 5.69 Å². The molecule has 0 radical (unpaired) electrons. The average Bonchev–Trinajstić information content (AvgIpc) is 3.13. The van der Waals surface area contributed by atoms with Crippen molar-refractivity contribution in [1.29, 1.82) is 0 Å². The van der Waals surface area contributed by atoms with Crippen molar-refractivity contribution < 1.29 is 4.79 Å². The summed E-state index contributed by atoms with van der Waals surface area (Å²) >= 11 is 0. The number of hydrogen-bond donors (Lipinski definition) is 2. The number of anilines is 1. The number of carbonyl (C=O) groups excluding carboxylic acids is 1. The van der Waals surface area contributed by atoms with Gasteiger partial charge in [0.15, 0.2) is 0 Å². The molecule has 0 atom stereocenters. The zero-order chi connectivity index (χ0) is 17.2. The van der Waals surface area contributed by atoms with E-state index in [1.165, 1.54) is 0 Å². The molecular formula is C19H21N5O. The van der Waals surface area contributed by atoms with Gasteiger partial charge in [0, 0.05) is 11.6 Å². The van der Waals surface area contributed by atoms with Crippen LogP contribution in [0, 0.1) is 6.92 Å². The molecule has 128 valence electrons. The second-order valence-electron chi connectivity index (χ2n) is 6.41. The Labute approximate surface area is 146 Å². The Hall–Kier alpha value is -2.73. The largest absolute Gasteiger partial charge is 0.319 e. The number of amides is 1. The molecule has 3 heterocycles. The van der Waals surface area contributed by atoms with E-state index in [0.717, 1.165) is 48.2 Å². The molecule has 1 aromatic carbocycles. The molecule has 0 spiro atoms. The Morgan fingerprint density at radius 2 is 2.04 bits per heavy atom. The third-order valence-electron chi connectivity index (χ3n) is 4.72. The molecule has 1 aliphatic heterocycles. The molecule has 0 bridgehead atoms. The highest BCUT2D eigenvalue weighted by molar-refractivity contribution is 6.04. The lowest BCUT2D eigenvalue weighted by atomic mass is 10.1. The number of nitrogens with zero attached hydrogens (tertiary/aromatic N) is 3. The maximum atomic E-state index is 12.8. The van der Waals surface area contributed by atoms with Crippen LogP contribution in [0.25, 0.3) is 10.9 Å². The highest BCUT2D eigenvalue weighted by atomic mass is 16.2. The average molecular weight is 335 g/mol. The summed E-state index contributed by atoms with van der Waals surface area (Å²) < 4.78 is 1.86. The van der Waals surface area contributed by atoms with Gasteiger partial charge in [-0.05, 0) is 51.1 Å². The molecule has 1 aliphatic rings. The molecule has 0 aliphatic carbocycles. The van der Waals surface area contributed by atoms with Crippen molar-refractivity contribution in [3.63, 3.8) is 0 Å². The summed E-state index contributed by atoms with van der Waals surface area (Å²) in [5.74, 6) is -0.142. The van der Waals surface area contributed by atoms with E-state index in [1.54, 1.807) is 12.3 Å². The third kappa shape index (κ3) is 3.13. The van der Waals surface area contributed by atoms with Crippen LogP contribution in [0.3, 0.4) is 0 Å². The molecule has 0 unspecified atom stereocenters. The lowest BCUT2D eigenvalue weighted by Crippen LogP contribution is -2.31. The monoisotopic (exact) mass is 335 g/mol. The summed E-state index contributed by atoms with van der Waals surface area (Å²) in [6.45, 7) is 3.82. The number of rotatable bonds is 3. The smallest absolute Gasteiger partial charge is 0.273 e. The Morgan fingerprint density at radius 1 is 1.24 bits per heavy atom. The van der Waals surface area contributed by atoms with Gasteiger partial charge >= 0.3 is 0 Å². The molecule has 2 aromatic heterocycles. The van der Waals surface area contributed by atoms with Crippen molar-refractivity contribution in [2.24, 2.45) is 0 Å². The number of pyridine rings is 1. The summed E-state index contributed by atoms with van der Waals surface area (Å²) in [5.41, 5.74) is 3.07. The number of aryl methyl sites for hydroxylation is 1. The lowest BCUT2D eigenvalue weighted by Gasteiger charge is -2.24. The summed E-state index contributed by atoms with van der Waals surface area (Å²) in [6.07, 6.45) is 3.67. The fourth-order valence-electron chi connectivity index (χ4n) is 3.36. The van der Waals surface area contributed by atoms with Crippen LogP contribution in [0.1, 0.15) is 35.1 Å². The quantitative estimate of drug-likeness (QED) is 0.772. The van der Waals surface area contributed by atoms with Crippen LogP contribution in [0.15, 0.2) is 42.6 Å². The highest BCUT2D eigenvalue weighted by Gasteiger charge is 2.21. The van der Waals surface area contributed by atoms with Crippen LogP contribution in [0.2, 0.25) is 0 Å². The van der Waals surface area contributed by atoms with Crippen LogP contribution in [0.5, 0.6) is 0 Å². The molecule has 1 fully saturated rings. The van der Waals surface area contributed by atoms with Crippen molar-refractivity contribution >= 4 is 22.5 Å². The van der Waals surface area contributed by atoms with Gasteiger partial charge < -0.3 is 10.6 Å². The lowest BCUT2D eigenvalue weighted by molar-refractivity contribution is 0.101. The zero-order valence-electron chi connectivity index (χ0n) is 14.2. The van der Waals surface area contributed by atoms with E-state index in [0.29, 0.717) is 5.69 Å². The topological polar surface area (TPSA) is 71.8 Å². The number of carbonyl (C=O) groups is 1. The summed E-state index contributed by atoms with van der Waals surface area (Å²) in [7, 11) is 0. The number of aromatic nitrogens is 3. The van der Waals surface area contributed by atoms with Gasteiger partial charge in [-0.25, -0.2) is 0 Å². The van der Waals surface area contributed by atoms with E-state index in [4.69, 9.17) is 0 Å². The van der Waals surface area contributed by atoms with E-state index in [2.05, 4.69) is 20.7 Å². The molecule has 1 saturated heterocycles. The van der Waals surface area contributed by atoms with E-state index < -0.39 is 0 Å². The van der Waals surface area contributed by atoms with Gasteiger partial charge in [0.25, 0.3) is 5.91 Å². The predicted octanol–water partition coefficient (Wildman–Crippen LogP) is 2.92. The first-order valence-corrected chi connectivity index (χ1v) is 8.64. The fraction of sp³-hybridized carbons (Fsp3) is 0.316. The first-order chi connectivity index (χ1) is 12.2. The number of hydrogen-bond acceptors (Lipinski definition) is 4. The second-order valence-corrected chi connectivity index (χ2v) is 6.41. The first kappa shape index (κ1) is 15.8. The maximum absolute atomic E-state index is 12.8. The van der Waals surface area contributed by atoms with E-state index in [1.807, 2.05) is 41.9 Å². The zero-order valence-corrected chi connectivity index (χ0v) is 14.2. The summed E-state index contributed by atoms with van der Waals surface area (Å²) in [4.78, 5) is 17.4. The van der Waals surface area contributed by atoms with Gasteiger partial charge in [-0.3, -0.25) is 14.5 Å². The Bertz CT molecular complexity index is 911. The van der Waals surface area contributed by atoms with Gasteiger partial charge in [-0.2, -0.15) is 5.10 Å². The fourth-order valence-corrected chi connectivity index (χ4v) is 3.36. The molecule has 6 heteroatoms. The van der Waals surface area contributed by atoms with Gasteiger partial charge in [-0.15, -0.1) is 0 Å². The third-order valence-corrected chi connectivity index (χ3v) is 4.72. The van der Waals surface area contributed by atoms with E-state index in [9.17, 15) is 4.79 Å². The van der Waals surface area contributed by atoms with Gasteiger partial charge in [-0.1, -0.05) is 18.2 Å². The second kappa shape index (κ2) is 6.64. The van der Waals surface area contributed by atoms with Gasteiger partial charge in [0.2, 0.25) is 0 Å². The first-order valence-electron chi connectivity index (χ1n) is 8.64. The van der Waals surface area contributed by atoms with Crippen LogP contribution < -0.4 is 10.6 Å². The van der Waals surface area contributed by atoms with Crippen molar-refractivity contribution in [1.82, 2.24) is 20.1 Å². The van der Waals surface area contributed by atoms with Crippen LogP contribution >= 0.6 is 0 Å². The normalized spacial score (nSPS) is 15.4. The Balaban J connectivity index is 1.60. The number of fused-ring (bicyclic) bond motifs is 1. The minimum absolute atomic E-state index is 0.142. The van der Waals surface area contributed by atoms with Gasteiger partial charge in [0.05, 0.1) is 22.9 Å². The van der Waals surface area contributed by atoms with E-state index >= 15 is 0 Å². The molecule has 6 nitrogen and oxygen atoms in total. The molecule has 1 amide bonds. The van der Waals surface area contributed by atoms with Crippen molar-refractivity contribution in [2.45, 2.75) is 25.8 Å². The predicted molar refractivity (Wildman–Crippen MR) is 97.8 cm³/mol. The van der Waals surface area contributed by atoms with E-state index in [-0.39, 0.29) is 11.9 Å². The molecule has 4 rings (SSSR count). The SMILES string of the molecule is Cc1nc2ccccc2cc1NC(=O)c1ccnn1C1CCNCC1. The number of benzene rings is 1. The summed E-state index contributed by atoms with van der Waals surface area (Å²) in [5, 5.41) is 11.7. The molecule has 3 aromatic rings. The highest BCUT2D eigenvalue weighted by Crippen LogP contribution is 2.23. The number of piperidine rings is 1. The van der Waals surface area contributed by atoms with Crippen LogP contribution in [-0.2, 0) is 0 Å². The van der Waals surface area contributed by atoms with Crippen molar-refractivity contribution in [3.05, 3.63) is 54.0 Å². The minimum Gasteiger partial charge on any atom is -0.319 e. The summed E-state index contributed by atoms with van der Waals surface area (Å²) in [6, 6.07) is 11.9. The maximum Gasteiger partial charge on any atom is 0.273 e. The Morgan fingerprint density at radius 3 is 2.88 bits per heavy atom. The van der Waals surface area contributed by atoms with Crippen molar-refractivity contribution in [3.8, 4) is 0 Å². The Kier molecular flexibility index (Phi) is 4.19. The van der Waals surface area contributed by atoms with Crippen molar-refractivity contribution in [2.75, 3.05) is 18.4 Å². The molecule has 2 N–H and O–H groups in total. The standard InChI is InChI=1S/C19H21N5O/c1-13-17(12-14-4-2-3-5-16(14)22-13)23-19(25)18-8-11-21-24(18)15-6-9-20-10-7-15/h2-5,8,11-12,15,20H,6-7,9-10H2,1H3,(H,23,25). The van der Waals surface area contributed by atoms with Crippen LogP contribution in [-0.4, -0.2) is 33.8 Å². The molecular weight excluding hydrogens is 314 g/mol. The van der Waals surface area contributed by atoms with Gasteiger partial charge in [0.1, 0.15) is 5.69 Å². The number of nitrogens with one attached hydrogen (secondary N) is 2. The minimum atomic E-state index is -0.142. The molecule has 0 saturated carbocycles.